The molecule has 5 atom stereocenters. The minimum absolute atomic E-state index is 0.0931. The van der Waals surface area contributed by atoms with Crippen molar-refractivity contribution in [3.8, 4) is 5.69 Å². The number of amides is 1. The summed E-state index contributed by atoms with van der Waals surface area (Å²) in [5, 5.41) is 14.7. The topological polar surface area (TPSA) is 90.1 Å². The van der Waals surface area contributed by atoms with E-state index in [-0.39, 0.29) is 17.6 Å². The number of aromatic nitrogens is 2. The Balaban J connectivity index is 1.36. The fraction of sp³-hybridized carbons (Fsp3) is 0.500. The monoisotopic (exact) mass is 366 g/mol. The first-order valence-corrected chi connectivity index (χ1v) is 9.69. The first kappa shape index (κ1) is 16.5. The summed E-state index contributed by atoms with van der Waals surface area (Å²) < 4.78 is 1.58. The summed E-state index contributed by atoms with van der Waals surface area (Å²) in [6.45, 7) is 0. The van der Waals surface area contributed by atoms with Crippen LogP contribution in [0.4, 0.5) is 5.69 Å². The number of carbonyl (C=O) groups is 1. The van der Waals surface area contributed by atoms with Gasteiger partial charge in [-0.25, -0.2) is 4.98 Å². The second kappa shape index (κ2) is 6.18. The van der Waals surface area contributed by atoms with E-state index < -0.39 is 4.92 Å². The Morgan fingerprint density at radius 3 is 2.85 bits per heavy atom. The number of nitro benzene ring substituents is 1. The summed E-state index contributed by atoms with van der Waals surface area (Å²) in [5.74, 6) is 2.78. The molecule has 5 rings (SSSR count). The zero-order valence-corrected chi connectivity index (χ0v) is 15.0. The molecule has 1 aromatic carbocycles. The quantitative estimate of drug-likeness (QED) is 0.664. The van der Waals surface area contributed by atoms with Crippen molar-refractivity contribution in [2.45, 2.75) is 38.1 Å². The van der Waals surface area contributed by atoms with Gasteiger partial charge >= 0.3 is 0 Å². The number of imidazole rings is 1. The molecule has 0 radical (unpaired) electrons. The number of rotatable bonds is 4. The van der Waals surface area contributed by atoms with Crippen LogP contribution in [0.3, 0.4) is 0 Å². The van der Waals surface area contributed by atoms with Crippen LogP contribution in [0.15, 0.2) is 36.9 Å². The fourth-order valence-electron chi connectivity index (χ4n) is 5.92. The summed E-state index contributed by atoms with van der Waals surface area (Å²) in [7, 11) is 0. The van der Waals surface area contributed by atoms with E-state index in [4.69, 9.17) is 0 Å². The van der Waals surface area contributed by atoms with Crippen LogP contribution in [0.1, 0.15) is 42.5 Å². The number of nitro groups is 1. The molecule has 0 unspecified atom stereocenters. The highest BCUT2D eigenvalue weighted by atomic mass is 16.6. The average molecular weight is 366 g/mol. The van der Waals surface area contributed by atoms with Crippen molar-refractivity contribution in [1.29, 1.82) is 0 Å². The number of hydrogen-bond acceptors (Lipinski definition) is 4. The predicted octanol–water partition coefficient (Wildman–Crippen LogP) is 3.34. The van der Waals surface area contributed by atoms with Gasteiger partial charge in [0.15, 0.2) is 0 Å². The first-order valence-electron chi connectivity index (χ1n) is 9.69. The second-order valence-electron chi connectivity index (χ2n) is 8.16. The molecule has 1 N–H and O–H groups in total. The zero-order valence-electron chi connectivity index (χ0n) is 15.0. The molecule has 1 aromatic heterocycles. The van der Waals surface area contributed by atoms with Crippen molar-refractivity contribution in [1.82, 2.24) is 14.9 Å². The lowest BCUT2D eigenvalue weighted by atomic mass is 9.79. The standard InChI is InChI=1S/C20H22N4O3/c25-20(22-17-9-13-8-16(17)15-3-1-2-14(13)15)12-4-5-18(19(10-12)24(26)27)23-7-6-21-11-23/h4-7,10-11,13-17H,1-3,8-9H2,(H,22,25)/t13-,14-,15+,16+,17-/m1/s1. The van der Waals surface area contributed by atoms with Gasteiger partial charge in [-0.2, -0.15) is 0 Å². The van der Waals surface area contributed by atoms with Crippen molar-refractivity contribution < 1.29 is 9.72 Å². The Labute approximate surface area is 156 Å². The summed E-state index contributed by atoms with van der Waals surface area (Å²) in [6, 6.07) is 4.86. The van der Waals surface area contributed by atoms with Gasteiger partial charge in [0.05, 0.1) is 11.3 Å². The Morgan fingerprint density at radius 1 is 1.22 bits per heavy atom. The molecule has 1 amide bonds. The number of benzene rings is 1. The molecule has 140 valence electrons. The van der Waals surface area contributed by atoms with Crippen molar-refractivity contribution in [2.75, 3.05) is 0 Å². The van der Waals surface area contributed by atoms with E-state index in [9.17, 15) is 14.9 Å². The van der Waals surface area contributed by atoms with Crippen LogP contribution in [0.2, 0.25) is 0 Å². The third kappa shape index (κ3) is 2.64. The number of fused-ring (bicyclic) bond motifs is 5. The van der Waals surface area contributed by atoms with E-state index in [1.807, 2.05) is 0 Å². The molecule has 2 aromatic rings. The largest absolute Gasteiger partial charge is 0.349 e. The molecule has 3 fully saturated rings. The van der Waals surface area contributed by atoms with Gasteiger partial charge in [-0.05, 0) is 61.5 Å². The van der Waals surface area contributed by atoms with E-state index in [0.717, 1.165) is 24.2 Å². The molecular weight excluding hydrogens is 344 g/mol. The highest BCUT2D eigenvalue weighted by molar-refractivity contribution is 5.95. The van der Waals surface area contributed by atoms with E-state index in [2.05, 4.69) is 10.3 Å². The zero-order chi connectivity index (χ0) is 18.5. The maximum absolute atomic E-state index is 12.8. The molecule has 1 heterocycles. The number of carbonyl (C=O) groups excluding carboxylic acids is 1. The molecule has 27 heavy (non-hydrogen) atoms. The number of nitrogens with zero attached hydrogens (tertiary/aromatic N) is 3. The highest BCUT2D eigenvalue weighted by Gasteiger charge is 2.54. The van der Waals surface area contributed by atoms with Gasteiger partial charge in [0.1, 0.15) is 5.69 Å². The molecule has 0 saturated heterocycles. The minimum atomic E-state index is -0.452. The van der Waals surface area contributed by atoms with Gasteiger partial charge in [-0.3, -0.25) is 14.9 Å². The molecule has 3 aliphatic carbocycles. The van der Waals surface area contributed by atoms with Crippen molar-refractivity contribution in [3.63, 3.8) is 0 Å². The van der Waals surface area contributed by atoms with Gasteiger partial charge in [0, 0.05) is 30.1 Å². The number of hydrogen-bond donors (Lipinski definition) is 1. The summed E-state index contributed by atoms with van der Waals surface area (Å²) in [4.78, 5) is 27.8. The molecule has 0 aliphatic heterocycles. The van der Waals surface area contributed by atoms with Crippen LogP contribution in [0.25, 0.3) is 5.69 Å². The van der Waals surface area contributed by atoms with Crippen molar-refractivity contribution >= 4 is 11.6 Å². The maximum atomic E-state index is 12.8. The predicted molar refractivity (Wildman–Crippen MR) is 98.5 cm³/mol. The fourth-order valence-corrected chi connectivity index (χ4v) is 5.92. The van der Waals surface area contributed by atoms with Crippen LogP contribution in [0, 0.1) is 33.8 Å². The number of nitrogens with one attached hydrogen (secondary N) is 1. The van der Waals surface area contributed by atoms with Crippen LogP contribution >= 0.6 is 0 Å². The van der Waals surface area contributed by atoms with Gasteiger partial charge in [0.25, 0.3) is 11.6 Å². The van der Waals surface area contributed by atoms with Crippen molar-refractivity contribution in [2.24, 2.45) is 23.7 Å². The molecule has 7 nitrogen and oxygen atoms in total. The van der Waals surface area contributed by atoms with Gasteiger partial charge < -0.3 is 9.88 Å². The molecule has 2 bridgehead atoms. The lowest BCUT2D eigenvalue weighted by Crippen LogP contribution is -2.42. The Hall–Kier alpha value is -2.70. The van der Waals surface area contributed by atoms with Gasteiger partial charge in [0.2, 0.25) is 0 Å². The molecular formula is C20H22N4O3. The lowest BCUT2D eigenvalue weighted by Gasteiger charge is -2.32. The van der Waals surface area contributed by atoms with Gasteiger partial charge in [-0.15, -0.1) is 0 Å². The second-order valence-corrected chi connectivity index (χ2v) is 8.16. The van der Waals surface area contributed by atoms with E-state index in [1.165, 1.54) is 38.1 Å². The molecule has 7 heteroatoms. The van der Waals surface area contributed by atoms with E-state index in [0.29, 0.717) is 17.2 Å². The third-order valence-electron chi connectivity index (χ3n) is 6.96. The minimum Gasteiger partial charge on any atom is -0.349 e. The maximum Gasteiger partial charge on any atom is 0.294 e. The van der Waals surface area contributed by atoms with E-state index in [1.54, 1.807) is 29.1 Å². The Bertz CT molecular complexity index is 895. The van der Waals surface area contributed by atoms with E-state index >= 15 is 0 Å². The van der Waals surface area contributed by atoms with Crippen LogP contribution in [0.5, 0.6) is 0 Å². The Morgan fingerprint density at radius 2 is 2.07 bits per heavy atom. The normalized spacial score (nSPS) is 31.0. The SMILES string of the molecule is O=C(N[C@@H]1C[C@H]2C[C@H]1[C@H]1CCC[C@H]21)c1ccc(-n2ccnc2)c([N+](=O)[O-])c1. The smallest absolute Gasteiger partial charge is 0.294 e. The summed E-state index contributed by atoms with van der Waals surface area (Å²) in [5.41, 5.74) is 0.656. The summed E-state index contributed by atoms with van der Waals surface area (Å²) in [6.07, 6.45) is 11.0. The molecule has 3 aliphatic rings. The highest BCUT2D eigenvalue weighted by Crippen LogP contribution is 2.58. The first-order chi connectivity index (χ1) is 13.1. The molecule has 0 spiro atoms. The van der Waals surface area contributed by atoms with Crippen LogP contribution in [-0.4, -0.2) is 26.4 Å². The molecule has 3 saturated carbocycles. The summed E-state index contributed by atoms with van der Waals surface area (Å²) >= 11 is 0. The van der Waals surface area contributed by atoms with Crippen LogP contribution in [-0.2, 0) is 0 Å². The van der Waals surface area contributed by atoms with Crippen LogP contribution < -0.4 is 5.32 Å². The van der Waals surface area contributed by atoms with Crippen molar-refractivity contribution in [3.05, 3.63) is 52.6 Å². The van der Waals surface area contributed by atoms with Gasteiger partial charge in [-0.1, -0.05) is 6.42 Å². The average Bonchev–Trinajstić information content (AvgIpc) is 3.42. The lowest BCUT2D eigenvalue weighted by molar-refractivity contribution is -0.384. The Kier molecular flexibility index (Phi) is 3.77. The third-order valence-corrected chi connectivity index (χ3v) is 6.96.